The van der Waals surface area contributed by atoms with Crippen molar-refractivity contribution in [2.45, 2.75) is 36.4 Å². The van der Waals surface area contributed by atoms with Gasteiger partial charge in [0.25, 0.3) is 0 Å². The number of ether oxygens (including phenoxy) is 1. The van der Waals surface area contributed by atoms with Crippen molar-refractivity contribution in [2.24, 2.45) is 5.92 Å². The van der Waals surface area contributed by atoms with Crippen LogP contribution in [0.2, 0.25) is 0 Å². The van der Waals surface area contributed by atoms with Crippen LogP contribution in [0.1, 0.15) is 19.3 Å². The van der Waals surface area contributed by atoms with E-state index in [9.17, 15) is 22.0 Å². The summed E-state index contributed by atoms with van der Waals surface area (Å²) in [4.78, 5) is 14.2. The number of hydrogen-bond acceptors (Lipinski definition) is 5. The van der Waals surface area contributed by atoms with Crippen LogP contribution in [0.25, 0.3) is 0 Å². The van der Waals surface area contributed by atoms with Gasteiger partial charge in [0, 0.05) is 38.5 Å². The van der Waals surface area contributed by atoms with E-state index in [0.29, 0.717) is 39.0 Å². The van der Waals surface area contributed by atoms with Crippen LogP contribution in [0.15, 0.2) is 23.1 Å². The fourth-order valence-electron chi connectivity index (χ4n) is 4.03. The van der Waals surface area contributed by atoms with Gasteiger partial charge in [-0.15, -0.1) is 0 Å². The van der Waals surface area contributed by atoms with E-state index < -0.39 is 27.9 Å². The Hall–Kier alpha value is -1.94. The number of piperazine rings is 1. The molecule has 1 aliphatic heterocycles. The summed E-state index contributed by atoms with van der Waals surface area (Å²) < 4.78 is 57.3. The molecule has 2 aliphatic rings. The summed E-state index contributed by atoms with van der Waals surface area (Å²) in [7, 11) is -3.50. The summed E-state index contributed by atoms with van der Waals surface area (Å²) in [5, 5.41) is 9.01. The molecule has 2 fully saturated rings. The van der Waals surface area contributed by atoms with Gasteiger partial charge in [-0.3, -0.25) is 4.90 Å². The molecule has 1 heterocycles. The summed E-state index contributed by atoms with van der Waals surface area (Å²) in [5.74, 6) is -0.857. The average molecular weight is 432 g/mol. The SMILES string of the molecule is CS(=O)(=O)c1ccc(OC[C@@H]2CC[C@@H](N3CCN(C(=O)O)CC3)[C@H](F)C2)c(F)c1. The molecule has 1 N–H and O–H groups in total. The van der Waals surface area contributed by atoms with Gasteiger partial charge in [-0.1, -0.05) is 0 Å². The van der Waals surface area contributed by atoms with E-state index in [0.717, 1.165) is 18.7 Å². The largest absolute Gasteiger partial charge is 0.490 e. The van der Waals surface area contributed by atoms with Crippen LogP contribution in [0.4, 0.5) is 13.6 Å². The van der Waals surface area contributed by atoms with E-state index in [2.05, 4.69) is 0 Å². The van der Waals surface area contributed by atoms with Gasteiger partial charge in [0.05, 0.1) is 11.5 Å². The molecule has 7 nitrogen and oxygen atoms in total. The van der Waals surface area contributed by atoms with Crippen molar-refractivity contribution in [3.05, 3.63) is 24.0 Å². The molecule has 1 saturated heterocycles. The molecular formula is C19H26F2N2O5S. The third-order valence-electron chi connectivity index (χ3n) is 5.71. The molecule has 3 rings (SSSR count). The molecule has 1 amide bonds. The third kappa shape index (κ3) is 5.36. The standard InChI is InChI=1S/C19H26F2N2O5S/c1-29(26,27)14-3-5-18(16(21)11-14)28-12-13-2-4-17(15(20)10-13)22-6-8-23(9-7-22)19(24)25/h3,5,11,13,15,17H,2,4,6-10,12H2,1H3,(H,24,25)/t13-,15-,17-/m1/s1. The lowest BCUT2D eigenvalue weighted by atomic mass is 9.84. The van der Waals surface area contributed by atoms with E-state index in [1.54, 1.807) is 0 Å². The van der Waals surface area contributed by atoms with Crippen LogP contribution >= 0.6 is 0 Å². The first-order valence-corrected chi connectivity index (χ1v) is 11.5. The lowest BCUT2D eigenvalue weighted by Gasteiger charge is -2.42. The predicted molar refractivity (Wildman–Crippen MR) is 102 cm³/mol. The lowest BCUT2D eigenvalue weighted by molar-refractivity contribution is 0.0166. The Bertz CT molecular complexity index is 843. The van der Waals surface area contributed by atoms with Crippen LogP contribution in [0.3, 0.4) is 0 Å². The molecule has 1 aromatic rings. The van der Waals surface area contributed by atoms with E-state index in [4.69, 9.17) is 9.84 Å². The van der Waals surface area contributed by atoms with Gasteiger partial charge in [0.1, 0.15) is 6.17 Å². The topological polar surface area (TPSA) is 87.2 Å². The lowest BCUT2D eigenvalue weighted by Crippen LogP contribution is -2.55. The van der Waals surface area contributed by atoms with E-state index in [1.165, 1.54) is 17.0 Å². The number of rotatable bonds is 5. The normalized spacial score (nSPS) is 26.3. The Morgan fingerprint density at radius 2 is 1.93 bits per heavy atom. The zero-order valence-electron chi connectivity index (χ0n) is 16.3. The Balaban J connectivity index is 1.50. The van der Waals surface area contributed by atoms with Crippen molar-refractivity contribution < 1.29 is 31.8 Å². The highest BCUT2D eigenvalue weighted by Crippen LogP contribution is 2.32. The highest BCUT2D eigenvalue weighted by atomic mass is 32.2. The summed E-state index contributed by atoms with van der Waals surface area (Å²) in [6.07, 6.45) is 0.673. The van der Waals surface area contributed by atoms with Crippen molar-refractivity contribution in [1.82, 2.24) is 9.80 Å². The molecule has 1 aliphatic carbocycles. The van der Waals surface area contributed by atoms with Gasteiger partial charge in [-0.25, -0.2) is 22.0 Å². The van der Waals surface area contributed by atoms with Crippen molar-refractivity contribution >= 4 is 15.9 Å². The van der Waals surface area contributed by atoms with Crippen LogP contribution in [0, 0.1) is 11.7 Å². The number of hydrogen-bond donors (Lipinski definition) is 1. The molecule has 1 aromatic carbocycles. The maximum atomic E-state index is 14.8. The molecule has 162 valence electrons. The van der Waals surface area contributed by atoms with Gasteiger partial charge >= 0.3 is 6.09 Å². The second kappa shape index (κ2) is 8.83. The molecule has 0 unspecified atom stereocenters. The number of halogens is 2. The zero-order valence-corrected chi connectivity index (χ0v) is 17.1. The number of nitrogens with zero attached hydrogens (tertiary/aromatic N) is 2. The minimum atomic E-state index is -3.50. The van der Waals surface area contributed by atoms with Gasteiger partial charge in [-0.05, 0) is 43.4 Å². The average Bonchev–Trinajstić information content (AvgIpc) is 2.66. The van der Waals surface area contributed by atoms with Gasteiger partial charge < -0.3 is 14.7 Å². The maximum absolute atomic E-state index is 14.8. The Morgan fingerprint density at radius 1 is 1.24 bits per heavy atom. The first kappa shape index (κ1) is 21.8. The van der Waals surface area contributed by atoms with Crippen LogP contribution in [-0.2, 0) is 9.84 Å². The van der Waals surface area contributed by atoms with Gasteiger partial charge in [0.2, 0.25) is 0 Å². The summed E-state index contributed by atoms with van der Waals surface area (Å²) in [5.41, 5.74) is 0. The highest BCUT2D eigenvalue weighted by Gasteiger charge is 2.36. The molecule has 0 spiro atoms. The molecule has 0 bridgehead atoms. The fraction of sp³-hybridized carbons (Fsp3) is 0.632. The monoisotopic (exact) mass is 432 g/mol. The Labute approximate surface area is 169 Å². The van der Waals surface area contributed by atoms with Gasteiger partial charge in [0.15, 0.2) is 21.4 Å². The van der Waals surface area contributed by atoms with Crippen LogP contribution < -0.4 is 4.74 Å². The first-order chi connectivity index (χ1) is 13.6. The summed E-state index contributed by atoms with van der Waals surface area (Å²) >= 11 is 0. The molecule has 3 atom stereocenters. The third-order valence-corrected chi connectivity index (χ3v) is 6.82. The maximum Gasteiger partial charge on any atom is 0.407 e. The fourth-order valence-corrected chi connectivity index (χ4v) is 4.66. The van der Waals surface area contributed by atoms with E-state index in [-0.39, 0.29) is 29.2 Å². The number of amides is 1. The smallest absolute Gasteiger partial charge is 0.407 e. The minimum Gasteiger partial charge on any atom is -0.490 e. The van der Waals surface area contributed by atoms with Crippen molar-refractivity contribution in [2.75, 3.05) is 39.0 Å². The highest BCUT2D eigenvalue weighted by molar-refractivity contribution is 7.90. The summed E-state index contributed by atoms with van der Waals surface area (Å²) in [6.45, 7) is 1.98. The zero-order chi connectivity index (χ0) is 21.2. The minimum absolute atomic E-state index is 0.0419. The molecule has 29 heavy (non-hydrogen) atoms. The Kier molecular flexibility index (Phi) is 6.62. The first-order valence-electron chi connectivity index (χ1n) is 9.63. The van der Waals surface area contributed by atoms with Crippen LogP contribution in [-0.4, -0.2) is 80.7 Å². The molecule has 1 saturated carbocycles. The van der Waals surface area contributed by atoms with Crippen LogP contribution in [0.5, 0.6) is 5.75 Å². The molecule has 10 heteroatoms. The number of carboxylic acid groups (broad SMARTS) is 1. The van der Waals surface area contributed by atoms with E-state index >= 15 is 0 Å². The van der Waals surface area contributed by atoms with Crippen molar-refractivity contribution in [3.63, 3.8) is 0 Å². The van der Waals surface area contributed by atoms with E-state index in [1.807, 2.05) is 4.90 Å². The number of sulfone groups is 1. The second-order valence-electron chi connectivity index (χ2n) is 7.74. The number of alkyl halides is 1. The van der Waals surface area contributed by atoms with Crippen molar-refractivity contribution in [3.8, 4) is 5.75 Å². The quantitative estimate of drug-likeness (QED) is 0.769. The predicted octanol–water partition coefficient (Wildman–Crippen LogP) is 2.41. The molecule has 0 radical (unpaired) electrons. The Morgan fingerprint density at radius 3 is 2.48 bits per heavy atom. The number of benzene rings is 1. The van der Waals surface area contributed by atoms with Crippen molar-refractivity contribution in [1.29, 1.82) is 0 Å². The molecular weight excluding hydrogens is 406 g/mol. The summed E-state index contributed by atoms with van der Waals surface area (Å²) in [6, 6.07) is 3.27. The number of carbonyl (C=O) groups is 1. The molecule has 0 aromatic heterocycles. The second-order valence-corrected chi connectivity index (χ2v) is 9.76. The van der Waals surface area contributed by atoms with Gasteiger partial charge in [-0.2, -0.15) is 0 Å².